The number of nitrogens with zero attached hydrogens (tertiary/aromatic N) is 3. The van der Waals surface area contributed by atoms with Crippen molar-refractivity contribution in [3.05, 3.63) is 39.6 Å². The van der Waals surface area contributed by atoms with E-state index in [9.17, 15) is 4.79 Å². The summed E-state index contributed by atoms with van der Waals surface area (Å²) in [6.07, 6.45) is 9.28. The van der Waals surface area contributed by atoms with Gasteiger partial charge in [0, 0.05) is 41.8 Å². The fraction of sp³-hybridized carbons (Fsp3) is 0.579. The fourth-order valence-electron chi connectivity index (χ4n) is 3.75. The van der Waals surface area contributed by atoms with Gasteiger partial charge in [0.25, 0.3) is 5.91 Å². The van der Waals surface area contributed by atoms with Crippen LogP contribution in [0.1, 0.15) is 59.2 Å². The van der Waals surface area contributed by atoms with Gasteiger partial charge in [-0.3, -0.25) is 4.79 Å². The van der Waals surface area contributed by atoms with E-state index in [1.165, 1.54) is 16.9 Å². The minimum absolute atomic E-state index is 0.239. The van der Waals surface area contributed by atoms with Crippen LogP contribution < -0.4 is 0 Å². The van der Waals surface area contributed by atoms with Gasteiger partial charge in [0.2, 0.25) is 0 Å². The standard InChI is InChI=1S/C19H27N3OS/c1-4-17-14(2)24-13-18(17)19(23)22-10-6-5-7-16(22)8-11-21-12-9-20-15(21)3/h9,12-13,16H,4-8,10-11H2,1-3H3/t16-/m1/s1. The van der Waals surface area contributed by atoms with E-state index in [-0.39, 0.29) is 5.91 Å². The van der Waals surface area contributed by atoms with E-state index < -0.39 is 0 Å². The molecule has 0 N–H and O–H groups in total. The van der Waals surface area contributed by atoms with Gasteiger partial charge in [-0.1, -0.05) is 6.92 Å². The molecule has 24 heavy (non-hydrogen) atoms. The Bertz CT molecular complexity index is 703. The highest BCUT2D eigenvalue weighted by Gasteiger charge is 2.29. The van der Waals surface area contributed by atoms with Crippen molar-refractivity contribution in [1.82, 2.24) is 14.5 Å². The van der Waals surface area contributed by atoms with E-state index in [0.29, 0.717) is 6.04 Å². The van der Waals surface area contributed by atoms with E-state index in [1.54, 1.807) is 11.3 Å². The van der Waals surface area contributed by atoms with Gasteiger partial charge in [-0.2, -0.15) is 0 Å². The molecule has 0 aromatic carbocycles. The first-order valence-corrected chi connectivity index (χ1v) is 9.85. The molecule has 1 aliphatic heterocycles. The van der Waals surface area contributed by atoms with Gasteiger partial charge in [-0.15, -0.1) is 11.3 Å². The van der Waals surface area contributed by atoms with Crippen LogP contribution in [0.4, 0.5) is 0 Å². The lowest BCUT2D eigenvalue weighted by molar-refractivity contribution is 0.0594. The number of carbonyl (C=O) groups excluding carboxylic acids is 1. The van der Waals surface area contributed by atoms with E-state index in [1.807, 2.05) is 19.3 Å². The van der Waals surface area contributed by atoms with E-state index in [0.717, 1.165) is 50.2 Å². The first-order valence-electron chi connectivity index (χ1n) is 8.97. The summed E-state index contributed by atoms with van der Waals surface area (Å²) in [4.78, 5) is 20.9. The second-order valence-electron chi connectivity index (χ2n) is 6.64. The molecule has 3 heterocycles. The van der Waals surface area contributed by atoms with Crippen LogP contribution in [0.3, 0.4) is 0 Å². The first-order chi connectivity index (χ1) is 11.6. The molecule has 0 bridgehead atoms. The third kappa shape index (κ3) is 3.41. The zero-order valence-electron chi connectivity index (χ0n) is 14.9. The van der Waals surface area contributed by atoms with Gasteiger partial charge in [-0.25, -0.2) is 4.98 Å². The van der Waals surface area contributed by atoms with Crippen LogP contribution >= 0.6 is 11.3 Å². The third-order valence-corrected chi connectivity index (χ3v) is 6.16. The summed E-state index contributed by atoms with van der Waals surface area (Å²) in [6.45, 7) is 8.12. The summed E-state index contributed by atoms with van der Waals surface area (Å²) < 4.78 is 2.18. The number of amides is 1. The molecule has 2 aromatic heterocycles. The number of carbonyl (C=O) groups is 1. The zero-order chi connectivity index (χ0) is 17.1. The maximum atomic E-state index is 13.1. The highest BCUT2D eigenvalue weighted by molar-refractivity contribution is 7.10. The normalized spacial score (nSPS) is 18.1. The summed E-state index contributed by atoms with van der Waals surface area (Å²) in [5.41, 5.74) is 2.17. The van der Waals surface area contributed by atoms with Crippen LogP contribution in [0.15, 0.2) is 17.8 Å². The van der Waals surface area contributed by atoms with E-state index >= 15 is 0 Å². The van der Waals surface area contributed by atoms with Crippen molar-refractivity contribution in [3.63, 3.8) is 0 Å². The highest BCUT2D eigenvalue weighted by atomic mass is 32.1. The molecular formula is C19H27N3OS. The van der Waals surface area contributed by atoms with Crippen LogP contribution in [0, 0.1) is 13.8 Å². The zero-order valence-corrected chi connectivity index (χ0v) is 15.7. The van der Waals surface area contributed by atoms with Gasteiger partial charge in [0.15, 0.2) is 0 Å². The van der Waals surface area contributed by atoms with Crippen LogP contribution in [0.25, 0.3) is 0 Å². The Balaban J connectivity index is 1.74. The number of hydrogen-bond donors (Lipinski definition) is 0. The topological polar surface area (TPSA) is 38.1 Å². The second kappa shape index (κ2) is 7.51. The summed E-state index contributed by atoms with van der Waals surface area (Å²) in [6, 6.07) is 0.345. The summed E-state index contributed by atoms with van der Waals surface area (Å²) >= 11 is 1.70. The lowest BCUT2D eigenvalue weighted by atomic mass is 9.97. The molecule has 1 amide bonds. The highest BCUT2D eigenvalue weighted by Crippen LogP contribution is 2.28. The van der Waals surface area contributed by atoms with Crippen molar-refractivity contribution in [2.24, 2.45) is 0 Å². The number of aryl methyl sites for hydroxylation is 3. The smallest absolute Gasteiger partial charge is 0.255 e. The summed E-state index contributed by atoms with van der Waals surface area (Å²) in [7, 11) is 0. The van der Waals surface area contributed by atoms with Crippen molar-refractivity contribution < 1.29 is 4.79 Å². The lowest BCUT2D eigenvalue weighted by Crippen LogP contribution is -2.44. The molecule has 1 aliphatic rings. The molecule has 0 saturated carbocycles. The van der Waals surface area contributed by atoms with Gasteiger partial charge in [0.1, 0.15) is 5.82 Å². The minimum atomic E-state index is 0.239. The largest absolute Gasteiger partial charge is 0.336 e. The molecular weight excluding hydrogens is 318 g/mol. The van der Waals surface area contributed by atoms with E-state index in [2.05, 4.69) is 33.7 Å². The van der Waals surface area contributed by atoms with Crippen molar-refractivity contribution in [1.29, 1.82) is 0 Å². The Hall–Kier alpha value is -1.62. The van der Waals surface area contributed by atoms with Gasteiger partial charge >= 0.3 is 0 Å². The lowest BCUT2D eigenvalue weighted by Gasteiger charge is -2.36. The van der Waals surface area contributed by atoms with Crippen molar-refractivity contribution in [2.45, 2.75) is 65.5 Å². The van der Waals surface area contributed by atoms with Gasteiger partial charge in [-0.05, 0) is 51.5 Å². The third-order valence-electron chi connectivity index (χ3n) is 5.20. The predicted molar refractivity (Wildman–Crippen MR) is 98.7 cm³/mol. The number of imidazole rings is 1. The maximum Gasteiger partial charge on any atom is 0.255 e. The van der Waals surface area contributed by atoms with Crippen molar-refractivity contribution in [3.8, 4) is 0 Å². The van der Waals surface area contributed by atoms with Crippen LogP contribution in [-0.2, 0) is 13.0 Å². The molecule has 5 heteroatoms. The Morgan fingerprint density at radius 1 is 1.38 bits per heavy atom. The maximum absolute atomic E-state index is 13.1. The van der Waals surface area contributed by atoms with Crippen LogP contribution in [-0.4, -0.2) is 32.9 Å². The van der Waals surface area contributed by atoms with Gasteiger partial charge < -0.3 is 9.47 Å². The monoisotopic (exact) mass is 345 g/mol. The van der Waals surface area contributed by atoms with Crippen LogP contribution in [0.2, 0.25) is 0 Å². The molecule has 130 valence electrons. The molecule has 2 aromatic rings. The molecule has 0 spiro atoms. The Kier molecular flexibility index (Phi) is 5.39. The number of hydrogen-bond acceptors (Lipinski definition) is 3. The Morgan fingerprint density at radius 2 is 2.21 bits per heavy atom. The van der Waals surface area contributed by atoms with Crippen LogP contribution in [0.5, 0.6) is 0 Å². The van der Waals surface area contributed by atoms with Gasteiger partial charge in [0.05, 0.1) is 5.56 Å². The number of likely N-dealkylation sites (tertiary alicyclic amines) is 1. The quantitative estimate of drug-likeness (QED) is 0.814. The van der Waals surface area contributed by atoms with E-state index in [4.69, 9.17) is 0 Å². The average molecular weight is 346 g/mol. The molecule has 1 fully saturated rings. The molecule has 0 radical (unpaired) electrons. The van der Waals surface area contributed by atoms with Crippen molar-refractivity contribution >= 4 is 17.2 Å². The predicted octanol–water partition coefficient (Wildman–Crippen LogP) is 4.21. The molecule has 4 nitrogen and oxygen atoms in total. The summed E-state index contributed by atoms with van der Waals surface area (Å²) in [5, 5.41) is 2.06. The van der Waals surface area contributed by atoms with Crippen molar-refractivity contribution in [2.75, 3.05) is 6.54 Å². The molecule has 0 aliphatic carbocycles. The Morgan fingerprint density at radius 3 is 2.92 bits per heavy atom. The molecule has 1 atom stereocenters. The fourth-order valence-corrected chi connectivity index (χ4v) is 4.68. The molecule has 3 rings (SSSR count). The molecule has 0 unspecified atom stereocenters. The number of rotatable bonds is 5. The molecule has 1 saturated heterocycles. The summed E-state index contributed by atoms with van der Waals surface area (Å²) in [5.74, 6) is 1.29. The number of piperidine rings is 1. The number of thiophene rings is 1. The SMILES string of the molecule is CCc1c(C(=O)N2CCCC[C@@H]2CCn2ccnc2C)csc1C. The Labute approximate surface area is 148 Å². The number of aromatic nitrogens is 2. The average Bonchev–Trinajstić information content (AvgIpc) is 3.17. The second-order valence-corrected chi connectivity index (χ2v) is 7.73. The first kappa shape index (κ1) is 17.2. The minimum Gasteiger partial charge on any atom is -0.336 e.